The molecule has 0 unspecified atom stereocenters. The summed E-state index contributed by atoms with van der Waals surface area (Å²) in [6.07, 6.45) is 2.90. The lowest BCUT2D eigenvalue weighted by molar-refractivity contribution is 0.210. The molecule has 2 nitrogen and oxygen atoms in total. The molecule has 1 saturated carbocycles. The first-order valence-corrected chi connectivity index (χ1v) is 6.05. The lowest BCUT2D eigenvalue weighted by Crippen LogP contribution is -2.10. The van der Waals surface area contributed by atoms with E-state index in [0.29, 0.717) is 5.75 Å². The van der Waals surface area contributed by atoms with Crippen LogP contribution in [0.1, 0.15) is 18.4 Å². The molecule has 2 heteroatoms. The van der Waals surface area contributed by atoms with Crippen molar-refractivity contribution in [3.63, 3.8) is 0 Å². The van der Waals surface area contributed by atoms with Crippen molar-refractivity contribution in [3.05, 3.63) is 42.0 Å². The molecule has 0 amide bonds. The van der Waals surface area contributed by atoms with Gasteiger partial charge in [-0.2, -0.15) is 0 Å². The Labute approximate surface area is 101 Å². The largest absolute Gasteiger partial charge is 0.508 e. The first kappa shape index (κ1) is 10.6. The molecule has 2 aromatic rings. The molecule has 2 N–H and O–H groups in total. The molecule has 0 aromatic heterocycles. The van der Waals surface area contributed by atoms with Gasteiger partial charge in [-0.1, -0.05) is 30.3 Å². The standard InChI is InChI=1S/C15H16O2/c16-10-15(7-8-15)9-13-12-4-2-1-3-11(12)5-6-14(13)17/h1-6,16-17H,7-10H2. The average molecular weight is 228 g/mol. The molecule has 1 aliphatic rings. The molecule has 0 radical (unpaired) electrons. The van der Waals surface area contributed by atoms with Crippen molar-refractivity contribution in [3.8, 4) is 5.75 Å². The van der Waals surface area contributed by atoms with E-state index < -0.39 is 0 Å². The maximum Gasteiger partial charge on any atom is 0.119 e. The quantitative estimate of drug-likeness (QED) is 0.848. The number of hydrogen-bond acceptors (Lipinski definition) is 2. The Bertz CT molecular complexity index is 556. The van der Waals surface area contributed by atoms with Crippen molar-refractivity contribution >= 4 is 10.8 Å². The second-order valence-electron chi connectivity index (χ2n) is 5.12. The minimum absolute atomic E-state index is 0.0294. The van der Waals surface area contributed by atoms with Crippen LogP contribution in [0.25, 0.3) is 10.8 Å². The van der Waals surface area contributed by atoms with Crippen molar-refractivity contribution in [2.75, 3.05) is 6.61 Å². The van der Waals surface area contributed by atoms with Gasteiger partial charge in [-0.25, -0.2) is 0 Å². The van der Waals surface area contributed by atoms with Gasteiger partial charge in [0.1, 0.15) is 5.75 Å². The van der Waals surface area contributed by atoms with Crippen molar-refractivity contribution in [1.29, 1.82) is 0 Å². The third-order valence-corrected chi connectivity index (χ3v) is 3.86. The zero-order valence-electron chi connectivity index (χ0n) is 9.69. The number of fused-ring (bicyclic) bond motifs is 1. The third-order valence-electron chi connectivity index (χ3n) is 3.86. The summed E-state index contributed by atoms with van der Waals surface area (Å²) in [7, 11) is 0. The van der Waals surface area contributed by atoms with Crippen molar-refractivity contribution in [2.45, 2.75) is 19.3 Å². The molecule has 0 saturated heterocycles. The molecule has 0 atom stereocenters. The van der Waals surface area contributed by atoms with E-state index in [0.717, 1.165) is 35.6 Å². The number of rotatable bonds is 3. The molecule has 0 spiro atoms. The van der Waals surface area contributed by atoms with Crippen LogP contribution >= 0.6 is 0 Å². The van der Waals surface area contributed by atoms with E-state index in [1.807, 2.05) is 24.3 Å². The molecule has 88 valence electrons. The van der Waals surface area contributed by atoms with Gasteiger partial charge < -0.3 is 10.2 Å². The second kappa shape index (κ2) is 3.74. The predicted octanol–water partition coefficient (Wildman–Crippen LogP) is 2.86. The number of phenolic OH excluding ortho intramolecular Hbond substituents is 1. The maximum atomic E-state index is 10.0. The van der Waals surface area contributed by atoms with Gasteiger partial charge in [-0.3, -0.25) is 0 Å². The van der Waals surface area contributed by atoms with Crippen LogP contribution in [0.5, 0.6) is 5.75 Å². The Morgan fingerprint density at radius 3 is 2.53 bits per heavy atom. The summed E-state index contributed by atoms with van der Waals surface area (Å²) in [5, 5.41) is 21.7. The molecule has 1 fully saturated rings. The second-order valence-corrected chi connectivity index (χ2v) is 5.12. The fraction of sp³-hybridized carbons (Fsp3) is 0.333. The van der Waals surface area contributed by atoms with Crippen LogP contribution in [-0.2, 0) is 6.42 Å². The Morgan fingerprint density at radius 1 is 1.06 bits per heavy atom. The fourth-order valence-electron chi connectivity index (χ4n) is 2.45. The average Bonchev–Trinajstić information content (AvgIpc) is 3.14. The molecule has 1 aliphatic carbocycles. The molecule has 2 aromatic carbocycles. The van der Waals surface area contributed by atoms with Crippen LogP contribution in [0.3, 0.4) is 0 Å². The van der Waals surface area contributed by atoms with Gasteiger partial charge in [-0.05, 0) is 41.5 Å². The van der Waals surface area contributed by atoms with E-state index in [4.69, 9.17) is 0 Å². The maximum absolute atomic E-state index is 10.0. The Kier molecular flexibility index (Phi) is 2.33. The van der Waals surface area contributed by atoms with Crippen LogP contribution in [0, 0.1) is 5.41 Å². The topological polar surface area (TPSA) is 40.5 Å². The number of aromatic hydroxyl groups is 1. The Hall–Kier alpha value is -1.54. The molecule has 0 heterocycles. The molecule has 0 bridgehead atoms. The van der Waals surface area contributed by atoms with Crippen molar-refractivity contribution in [2.24, 2.45) is 5.41 Å². The summed E-state index contributed by atoms with van der Waals surface area (Å²) in [5.74, 6) is 0.350. The zero-order chi connectivity index (χ0) is 11.9. The summed E-state index contributed by atoms with van der Waals surface area (Å²) in [4.78, 5) is 0. The Morgan fingerprint density at radius 2 is 1.82 bits per heavy atom. The summed E-state index contributed by atoms with van der Waals surface area (Å²) in [5.41, 5.74) is 1.01. The monoisotopic (exact) mass is 228 g/mol. The summed E-state index contributed by atoms with van der Waals surface area (Å²) >= 11 is 0. The van der Waals surface area contributed by atoms with Gasteiger partial charge in [0, 0.05) is 12.2 Å². The highest BCUT2D eigenvalue weighted by Gasteiger charge is 2.42. The lowest BCUT2D eigenvalue weighted by atomic mass is 9.92. The third kappa shape index (κ3) is 1.79. The molecule has 3 rings (SSSR count). The summed E-state index contributed by atoms with van der Waals surface area (Å²) in [6, 6.07) is 11.8. The van der Waals surface area contributed by atoms with Crippen LogP contribution in [-0.4, -0.2) is 16.8 Å². The van der Waals surface area contributed by atoms with Crippen molar-refractivity contribution < 1.29 is 10.2 Å². The number of aliphatic hydroxyl groups is 1. The van der Waals surface area contributed by atoms with E-state index in [1.54, 1.807) is 6.07 Å². The van der Waals surface area contributed by atoms with Gasteiger partial charge in [0.05, 0.1) is 0 Å². The molecule has 0 aliphatic heterocycles. The zero-order valence-corrected chi connectivity index (χ0v) is 9.69. The highest BCUT2D eigenvalue weighted by atomic mass is 16.3. The van der Waals surface area contributed by atoms with Crippen LogP contribution in [0.4, 0.5) is 0 Å². The first-order valence-electron chi connectivity index (χ1n) is 6.05. The fourth-order valence-corrected chi connectivity index (χ4v) is 2.45. The molecule has 17 heavy (non-hydrogen) atoms. The first-order chi connectivity index (χ1) is 8.24. The van der Waals surface area contributed by atoms with Gasteiger partial charge in [0.2, 0.25) is 0 Å². The van der Waals surface area contributed by atoms with Gasteiger partial charge in [0.25, 0.3) is 0 Å². The van der Waals surface area contributed by atoms with E-state index >= 15 is 0 Å². The van der Waals surface area contributed by atoms with Crippen LogP contribution < -0.4 is 0 Å². The summed E-state index contributed by atoms with van der Waals surface area (Å²) in [6.45, 7) is 0.218. The summed E-state index contributed by atoms with van der Waals surface area (Å²) < 4.78 is 0. The van der Waals surface area contributed by atoms with E-state index in [9.17, 15) is 10.2 Å². The number of aliphatic hydroxyl groups excluding tert-OH is 1. The minimum Gasteiger partial charge on any atom is -0.508 e. The van der Waals surface area contributed by atoms with Crippen LogP contribution in [0.2, 0.25) is 0 Å². The minimum atomic E-state index is 0.0294. The highest BCUT2D eigenvalue weighted by molar-refractivity contribution is 5.87. The van der Waals surface area contributed by atoms with Crippen LogP contribution in [0.15, 0.2) is 36.4 Å². The number of phenols is 1. The SMILES string of the molecule is OCC1(Cc2c(O)ccc3ccccc23)CC1. The molecular weight excluding hydrogens is 212 g/mol. The Balaban J connectivity index is 2.10. The van der Waals surface area contributed by atoms with Gasteiger partial charge >= 0.3 is 0 Å². The molecular formula is C15H16O2. The van der Waals surface area contributed by atoms with Crippen molar-refractivity contribution in [1.82, 2.24) is 0 Å². The van der Waals surface area contributed by atoms with Gasteiger partial charge in [0.15, 0.2) is 0 Å². The van der Waals surface area contributed by atoms with Gasteiger partial charge in [-0.15, -0.1) is 0 Å². The number of hydrogen-bond donors (Lipinski definition) is 2. The normalized spacial score (nSPS) is 17.2. The van der Waals surface area contributed by atoms with E-state index in [1.165, 1.54) is 0 Å². The highest BCUT2D eigenvalue weighted by Crippen LogP contribution is 2.49. The number of benzene rings is 2. The smallest absolute Gasteiger partial charge is 0.119 e. The lowest BCUT2D eigenvalue weighted by Gasteiger charge is -2.15. The van der Waals surface area contributed by atoms with E-state index in [2.05, 4.69) is 6.07 Å². The van der Waals surface area contributed by atoms with E-state index in [-0.39, 0.29) is 12.0 Å². The predicted molar refractivity (Wildman–Crippen MR) is 68.1 cm³/mol.